The molecule has 92 valence electrons. The van der Waals surface area contributed by atoms with Crippen LogP contribution < -0.4 is 0 Å². The third kappa shape index (κ3) is 7.17. The molecule has 0 radical (unpaired) electrons. The van der Waals surface area contributed by atoms with Crippen LogP contribution in [-0.2, 0) is 14.3 Å². The molecule has 0 bridgehead atoms. The van der Waals surface area contributed by atoms with Gasteiger partial charge in [-0.3, -0.25) is 9.59 Å². The third-order valence-electron chi connectivity index (χ3n) is 2.16. The maximum atomic E-state index is 10.8. The van der Waals surface area contributed by atoms with Crippen molar-refractivity contribution in [2.24, 2.45) is 0 Å². The molecule has 4 nitrogen and oxygen atoms in total. The van der Waals surface area contributed by atoms with E-state index in [1.54, 1.807) is 0 Å². The van der Waals surface area contributed by atoms with Gasteiger partial charge in [-0.25, -0.2) is 0 Å². The molecule has 2 atom stereocenters. The summed E-state index contributed by atoms with van der Waals surface area (Å²) >= 11 is 0. The number of carbonyl (C=O) groups excluding carboxylic acids is 2. The van der Waals surface area contributed by atoms with Crippen LogP contribution in [0.5, 0.6) is 0 Å². The summed E-state index contributed by atoms with van der Waals surface area (Å²) in [5.41, 5.74) is 0. The first kappa shape index (κ1) is 14.8. The van der Waals surface area contributed by atoms with Gasteiger partial charge in [-0.2, -0.15) is 0 Å². The quantitative estimate of drug-likeness (QED) is 0.297. The van der Waals surface area contributed by atoms with Crippen LogP contribution in [0.4, 0.5) is 0 Å². The molecule has 0 saturated heterocycles. The van der Waals surface area contributed by atoms with E-state index >= 15 is 0 Å². The highest BCUT2D eigenvalue weighted by Gasteiger charge is 2.18. The third-order valence-corrected chi connectivity index (χ3v) is 2.16. The number of hydrogen-bond acceptors (Lipinski definition) is 4. The van der Waals surface area contributed by atoms with E-state index in [0.717, 1.165) is 19.3 Å². The second-order valence-corrected chi connectivity index (χ2v) is 3.66. The van der Waals surface area contributed by atoms with Gasteiger partial charge in [-0.05, 0) is 18.6 Å². The second-order valence-electron chi connectivity index (χ2n) is 3.66. The predicted octanol–water partition coefficient (Wildman–Crippen LogP) is 1.61. The fraction of sp³-hybridized carbons (Fsp3) is 0.667. The number of aliphatic hydroxyl groups is 1. The highest BCUT2D eigenvalue weighted by atomic mass is 16.6. The topological polar surface area (TPSA) is 63.6 Å². The minimum absolute atomic E-state index is 0.463. The summed E-state index contributed by atoms with van der Waals surface area (Å²) < 4.78 is 4.91. The lowest BCUT2D eigenvalue weighted by Crippen LogP contribution is -2.28. The number of hydrogen-bond donors (Lipinski definition) is 1. The van der Waals surface area contributed by atoms with Crippen molar-refractivity contribution in [3.63, 3.8) is 0 Å². The lowest BCUT2D eigenvalue weighted by Gasteiger charge is -2.19. The summed E-state index contributed by atoms with van der Waals surface area (Å²) in [4.78, 5) is 21.0. The van der Waals surface area contributed by atoms with E-state index in [9.17, 15) is 14.7 Å². The van der Waals surface area contributed by atoms with E-state index in [1.807, 2.05) is 0 Å². The van der Waals surface area contributed by atoms with Crippen molar-refractivity contribution in [3.05, 3.63) is 12.2 Å². The molecule has 0 aliphatic carbocycles. The average Bonchev–Trinajstić information content (AvgIpc) is 2.23. The molecule has 0 saturated carbocycles. The van der Waals surface area contributed by atoms with Crippen molar-refractivity contribution in [1.29, 1.82) is 0 Å². The molecule has 0 fully saturated rings. The van der Waals surface area contributed by atoms with Crippen LogP contribution in [0.3, 0.4) is 0 Å². The highest BCUT2D eigenvalue weighted by molar-refractivity contribution is 5.67. The van der Waals surface area contributed by atoms with Gasteiger partial charge >= 0.3 is 5.97 Å². The van der Waals surface area contributed by atoms with Crippen LogP contribution in [0.1, 0.15) is 39.5 Å². The zero-order valence-corrected chi connectivity index (χ0v) is 9.89. The van der Waals surface area contributed by atoms with Gasteiger partial charge in [0.05, 0.1) is 6.10 Å². The maximum absolute atomic E-state index is 10.8. The van der Waals surface area contributed by atoms with Crippen molar-refractivity contribution in [3.8, 4) is 0 Å². The van der Waals surface area contributed by atoms with Crippen LogP contribution in [-0.4, -0.2) is 29.6 Å². The first-order valence-electron chi connectivity index (χ1n) is 5.59. The Hall–Kier alpha value is -1.16. The molecule has 0 aromatic heterocycles. The van der Waals surface area contributed by atoms with Gasteiger partial charge in [0.2, 0.25) is 0 Å². The summed E-state index contributed by atoms with van der Waals surface area (Å²) in [7, 11) is 0. The van der Waals surface area contributed by atoms with E-state index in [0.29, 0.717) is 12.7 Å². The monoisotopic (exact) mass is 228 g/mol. The Morgan fingerprint density at radius 1 is 1.44 bits per heavy atom. The molecule has 0 aliphatic rings. The second kappa shape index (κ2) is 9.09. The molecule has 4 heteroatoms. The first-order valence-corrected chi connectivity index (χ1v) is 5.59. The fourth-order valence-corrected chi connectivity index (χ4v) is 1.36. The van der Waals surface area contributed by atoms with Crippen LogP contribution in [0, 0.1) is 0 Å². The number of unbranched alkanes of at least 4 members (excludes halogenated alkanes) is 2. The number of carbonyl (C=O) groups is 2. The Balaban J connectivity index is 4.19. The van der Waals surface area contributed by atoms with E-state index < -0.39 is 18.2 Å². The van der Waals surface area contributed by atoms with Crippen LogP contribution in [0.15, 0.2) is 12.2 Å². The largest absolute Gasteiger partial charge is 0.456 e. The Kier molecular flexibility index (Phi) is 8.43. The minimum Gasteiger partial charge on any atom is -0.456 e. The van der Waals surface area contributed by atoms with Crippen molar-refractivity contribution >= 4 is 12.3 Å². The Morgan fingerprint density at radius 2 is 2.12 bits per heavy atom. The molecule has 16 heavy (non-hydrogen) atoms. The summed E-state index contributed by atoms with van der Waals surface area (Å²) in [6.45, 7) is 3.35. The highest BCUT2D eigenvalue weighted by Crippen LogP contribution is 2.11. The molecule has 0 spiro atoms. The molecule has 0 aliphatic heterocycles. The Labute approximate surface area is 96.3 Å². The number of allylic oxidation sites excluding steroid dienone is 1. The lowest BCUT2D eigenvalue weighted by atomic mass is 10.1. The van der Waals surface area contributed by atoms with E-state index in [1.165, 1.54) is 19.1 Å². The van der Waals surface area contributed by atoms with Crippen molar-refractivity contribution in [2.45, 2.75) is 51.7 Å². The fourth-order valence-electron chi connectivity index (χ4n) is 1.36. The molecule has 0 aromatic rings. The lowest BCUT2D eigenvalue weighted by molar-refractivity contribution is -0.149. The molecule has 0 heterocycles. The standard InChI is InChI=1S/C12H20O4/c1-3-4-5-7-11(15)12(8-6-9-13)16-10(2)14/h6,8-9,11-12,15H,3-5,7H2,1-2H3/b8-6+/t11-,12-/m1/s1. The number of aldehydes is 1. The van der Waals surface area contributed by atoms with Gasteiger partial charge in [0.15, 0.2) is 0 Å². The zero-order valence-electron chi connectivity index (χ0n) is 9.89. The normalized spacial score (nSPS) is 14.7. The van der Waals surface area contributed by atoms with E-state index in [4.69, 9.17) is 4.74 Å². The summed E-state index contributed by atoms with van der Waals surface area (Å²) in [5, 5.41) is 9.77. The van der Waals surface area contributed by atoms with E-state index in [2.05, 4.69) is 6.92 Å². The molecule has 0 unspecified atom stereocenters. The number of aliphatic hydroxyl groups excluding tert-OH is 1. The van der Waals surface area contributed by atoms with Crippen molar-refractivity contribution in [2.75, 3.05) is 0 Å². The van der Waals surface area contributed by atoms with Gasteiger partial charge in [-0.15, -0.1) is 0 Å². The van der Waals surface area contributed by atoms with Gasteiger partial charge in [0.25, 0.3) is 0 Å². The molecule has 1 N–H and O–H groups in total. The zero-order chi connectivity index (χ0) is 12.4. The molecule has 0 rings (SSSR count). The minimum atomic E-state index is -0.744. The Bertz CT molecular complexity index is 235. The van der Waals surface area contributed by atoms with Crippen LogP contribution >= 0.6 is 0 Å². The molecule has 0 aromatic carbocycles. The molecular weight excluding hydrogens is 208 g/mol. The van der Waals surface area contributed by atoms with Gasteiger partial charge < -0.3 is 9.84 Å². The summed E-state index contributed by atoms with van der Waals surface area (Å²) in [6, 6.07) is 0. The maximum Gasteiger partial charge on any atom is 0.303 e. The number of ether oxygens (including phenoxy) is 1. The summed E-state index contributed by atoms with van der Waals surface area (Å²) in [6.07, 6.45) is 5.30. The van der Waals surface area contributed by atoms with Crippen LogP contribution in [0.2, 0.25) is 0 Å². The van der Waals surface area contributed by atoms with Gasteiger partial charge in [-0.1, -0.05) is 26.2 Å². The Morgan fingerprint density at radius 3 is 2.62 bits per heavy atom. The van der Waals surface area contributed by atoms with Gasteiger partial charge in [0.1, 0.15) is 12.4 Å². The predicted molar refractivity (Wildman–Crippen MR) is 60.9 cm³/mol. The van der Waals surface area contributed by atoms with Crippen LogP contribution in [0.25, 0.3) is 0 Å². The molecular formula is C12H20O4. The van der Waals surface area contributed by atoms with Crippen molar-refractivity contribution < 1.29 is 19.4 Å². The SMILES string of the molecule is CCCCC[C@@H](O)[C@@H](/C=C/C=O)OC(C)=O. The average molecular weight is 228 g/mol. The van der Waals surface area contributed by atoms with Crippen molar-refractivity contribution in [1.82, 2.24) is 0 Å². The molecule has 0 amide bonds. The summed E-state index contributed by atoms with van der Waals surface area (Å²) in [5.74, 6) is -0.463. The first-order chi connectivity index (χ1) is 7.61. The number of esters is 1. The number of rotatable bonds is 8. The van der Waals surface area contributed by atoms with Gasteiger partial charge in [0, 0.05) is 6.92 Å². The smallest absolute Gasteiger partial charge is 0.303 e. The van der Waals surface area contributed by atoms with E-state index in [-0.39, 0.29) is 0 Å².